The lowest BCUT2D eigenvalue weighted by atomic mass is 10.1. The lowest BCUT2D eigenvalue weighted by Gasteiger charge is -2.03. The van der Waals surface area contributed by atoms with Gasteiger partial charge in [-0.25, -0.2) is 4.98 Å². The SMILES string of the molecule is NCc1cc2ccc(O)cc2c(Cl)n1. The zero-order chi connectivity index (χ0) is 10.1. The van der Waals surface area contributed by atoms with Crippen LogP contribution in [0.1, 0.15) is 5.69 Å². The van der Waals surface area contributed by atoms with Crippen LogP contribution < -0.4 is 5.73 Å². The second-order valence-corrected chi connectivity index (χ2v) is 3.37. The number of nitrogens with zero attached hydrogens (tertiary/aromatic N) is 1. The van der Waals surface area contributed by atoms with Gasteiger partial charge in [-0.05, 0) is 23.6 Å². The van der Waals surface area contributed by atoms with Gasteiger partial charge in [-0.2, -0.15) is 0 Å². The number of nitrogens with two attached hydrogens (primary N) is 1. The summed E-state index contributed by atoms with van der Waals surface area (Å²) in [6.07, 6.45) is 0. The molecule has 0 unspecified atom stereocenters. The minimum Gasteiger partial charge on any atom is -0.508 e. The van der Waals surface area contributed by atoms with E-state index in [9.17, 15) is 5.11 Å². The molecular weight excluding hydrogens is 200 g/mol. The summed E-state index contributed by atoms with van der Waals surface area (Å²) in [5.74, 6) is 0.182. The van der Waals surface area contributed by atoms with Gasteiger partial charge in [0.25, 0.3) is 0 Å². The molecule has 0 atom stereocenters. The molecule has 2 rings (SSSR count). The Bertz CT molecular complexity index is 485. The van der Waals surface area contributed by atoms with Gasteiger partial charge >= 0.3 is 0 Å². The van der Waals surface area contributed by atoms with E-state index in [0.717, 1.165) is 16.5 Å². The number of phenolic OH excluding ortho intramolecular Hbond substituents is 1. The summed E-state index contributed by atoms with van der Waals surface area (Å²) >= 11 is 5.94. The van der Waals surface area contributed by atoms with Crippen molar-refractivity contribution in [2.45, 2.75) is 6.54 Å². The van der Waals surface area contributed by atoms with Gasteiger partial charge in [-0.1, -0.05) is 17.7 Å². The Kier molecular flexibility index (Phi) is 2.27. The van der Waals surface area contributed by atoms with E-state index in [1.165, 1.54) is 0 Å². The Morgan fingerprint density at radius 3 is 2.86 bits per heavy atom. The van der Waals surface area contributed by atoms with Crippen molar-refractivity contribution in [3.63, 3.8) is 0 Å². The molecule has 0 bridgehead atoms. The van der Waals surface area contributed by atoms with Crippen LogP contribution in [0.5, 0.6) is 5.75 Å². The highest BCUT2D eigenvalue weighted by molar-refractivity contribution is 6.34. The van der Waals surface area contributed by atoms with Crippen molar-refractivity contribution >= 4 is 22.4 Å². The number of fused-ring (bicyclic) bond motifs is 1. The molecule has 0 aliphatic carbocycles. The topological polar surface area (TPSA) is 59.1 Å². The number of rotatable bonds is 1. The van der Waals surface area contributed by atoms with E-state index in [2.05, 4.69) is 4.98 Å². The van der Waals surface area contributed by atoms with Gasteiger partial charge in [0.05, 0.1) is 5.69 Å². The monoisotopic (exact) mass is 208 g/mol. The second-order valence-electron chi connectivity index (χ2n) is 3.01. The van der Waals surface area contributed by atoms with Crippen LogP contribution in [0.25, 0.3) is 10.8 Å². The maximum atomic E-state index is 9.27. The highest BCUT2D eigenvalue weighted by atomic mass is 35.5. The van der Waals surface area contributed by atoms with E-state index in [4.69, 9.17) is 17.3 Å². The second kappa shape index (κ2) is 3.44. The van der Waals surface area contributed by atoms with Gasteiger partial charge in [0, 0.05) is 11.9 Å². The predicted octanol–water partition coefficient (Wildman–Crippen LogP) is 2.05. The van der Waals surface area contributed by atoms with E-state index in [1.54, 1.807) is 18.2 Å². The molecule has 72 valence electrons. The maximum Gasteiger partial charge on any atom is 0.137 e. The fourth-order valence-electron chi connectivity index (χ4n) is 1.35. The summed E-state index contributed by atoms with van der Waals surface area (Å²) in [5, 5.41) is 11.3. The molecule has 1 heterocycles. The van der Waals surface area contributed by atoms with Gasteiger partial charge in [0.15, 0.2) is 0 Å². The summed E-state index contributed by atoms with van der Waals surface area (Å²) < 4.78 is 0. The first-order valence-electron chi connectivity index (χ1n) is 4.19. The fraction of sp³-hybridized carbons (Fsp3) is 0.100. The maximum absolute atomic E-state index is 9.27. The third kappa shape index (κ3) is 1.52. The summed E-state index contributed by atoms with van der Waals surface area (Å²) in [7, 11) is 0. The van der Waals surface area contributed by atoms with E-state index in [1.807, 2.05) is 6.07 Å². The Morgan fingerprint density at radius 1 is 1.36 bits per heavy atom. The molecule has 3 N–H and O–H groups in total. The first-order chi connectivity index (χ1) is 6.70. The average Bonchev–Trinajstić information content (AvgIpc) is 2.19. The van der Waals surface area contributed by atoms with Crippen molar-refractivity contribution in [3.05, 3.63) is 35.1 Å². The molecule has 2 aromatic rings. The van der Waals surface area contributed by atoms with E-state index in [0.29, 0.717) is 11.7 Å². The number of aromatic hydroxyl groups is 1. The first kappa shape index (κ1) is 9.24. The molecule has 0 spiro atoms. The van der Waals surface area contributed by atoms with Gasteiger partial charge in [-0.3, -0.25) is 0 Å². The number of hydrogen-bond donors (Lipinski definition) is 2. The van der Waals surface area contributed by atoms with Crippen LogP contribution in [0.2, 0.25) is 5.15 Å². The molecule has 4 heteroatoms. The first-order valence-corrected chi connectivity index (χ1v) is 4.56. The number of halogens is 1. The molecule has 0 radical (unpaired) electrons. The third-order valence-corrected chi connectivity index (χ3v) is 2.32. The molecule has 0 fully saturated rings. The summed E-state index contributed by atoms with van der Waals surface area (Å²) in [6, 6.07) is 6.85. The fourth-order valence-corrected chi connectivity index (χ4v) is 1.62. The van der Waals surface area contributed by atoms with Gasteiger partial charge in [-0.15, -0.1) is 0 Å². The van der Waals surface area contributed by atoms with E-state index in [-0.39, 0.29) is 5.75 Å². The number of aromatic nitrogens is 1. The third-order valence-electron chi connectivity index (χ3n) is 2.03. The molecular formula is C10H9ClN2O. The van der Waals surface area contributed by atoms with Crippen LogP contribution in [-0.2, 0) is 6.54 Å². The van der Waals surface area contributed by atoms with Gasteiger partial charge in [0.2, 0.25) is 0 Å². The zero-order valence-electron chi connectivity index (χ0n) is 7.37. The molecule has 14 heavy (non-hydrogen) atoms. The number of hydrogen-bond acceptors (Lipinski definition) is 3. The number of pyridine rings is 1. The smallest absolute Gasteiger partial charge is 0.137 e. The quantitative estimate of drug-likeness (QED) is 0.706. The minimum atomic E-state index is 0.182. The molecule has 0 aliphatic heterocycles. The standard InChI is InChI=1S/C10H9ClN2O/c11-10-9-4-8(14)2-1-6(9)3-7(5-12)13-10/h1-4,14H,5,12H2. The lowest BCUT2D eigenvalue weighted by Crippen LogP contribution is -1.99. The normalized spacial score (nSPS) is 10.7. The summed E-state index contributed by atoms with van der Waals surface area (Å²) in [5.41, 5.74) is 6.21. The molecule has 1 aromatic heterocycles. The lowest BCUT2D eigenvalue weighted by molar-refractivity contribution is 0.476. The van der Waals surface area contributed by atoms with Crippen LogP contribution in [0.4, 0.5) is 0 Å². The minimum absolute atomic E-state index is 0.182. The van der Waals surface area contributed by atoms with Crippen molar-refractivity contribution in [3.8, 4) is 5.75 Å². The highest BCUT2D eigenvalue weighted by Crippen LogP contribution is 2.25. The Balaban J connectivity index is 2.76. The predicted molar refractivity (Wildman–Crippen MR) is 56.3 cm³/mol. The van der Waals surface area contributed by atoms with Crippen LogP contribution in [0, 0.1) is 0 Å². The van der Waals surface area contributed by atoms with E-state index < -0.39 is 0 Å². The highest BCUT2D eigenvalue weighted by Gasteiger charge is 2.03. The Hall–Kier alpha value is -1.32. The molecule has 3 nitrogen and oxygen atoms in total. The van der Waals surface area contributed by atoms with Gasteiger partial charge < -0.3 is 10.8 Å². The van der Waals surface area contributed by atoms with Crippen LogP contribution in [0.3, 0.4) is 0 Å². The Labute approximate surface area is 86.1 Å². The zero-order valence-corrected chi connectivity index (χ0v) is 8.12. The largest absolute Gasteiger partial charge is 0.508 e. The van der Waals surface area contributed by atoms with Crippen molar-refractivity contribution in [1.29, 1.82) is 0 Å². The molecule has 1 aromatic carbocycles. The number of benzene rings is 1. The van der Waals surface area contributed by atoms with E-state index >= 15 is 0 Å². The average molecular weight is 209 g/mol. The van der Waals surface area contributed by atoms with Crippen molar-refractivity contribution in [2.24, 2.45) is 5.73 Å². The van der Waals surface area contributed by atoms with Crippen LogP contribution >= 0.6 is 11.6 Å². The Morgan fingerprint density at radius 2 is 2.14 bits per heavy atom. The molecule has 0 saturated heterocycles. The van der Waals surface area contributed by atoms with Crippen molar-refractivity contribution < 1.29 is 5.11 Å². The van der Waals surface area contributed by atoms with Crippen molar-refractivity contribution in [2.75, 3.05) is 0 Å². The van der Waals surface area contributed by atoms with Crippen LogP contribution in [0.15, 0.2) is 24.3 Å². The van der Waals surface area contributed by atoms with Crippen molar-refractivity contribution in [1.82, 2.24) is 4.98 Å². The molecule has 0 amide bonds. The molecule has 0 saturated carbocycles. The summed E-state index contributed by atoms with van der Waals surface area (Å²) in [6.45, 7) is 0.358. The summed E-state index contributed by atoms with van der Waals surface area (Å²) in [4.78, 5) is 4.09. The van der Waals surface area contributed by atoms with Gasteiger partial charge in [0.1, 0.15) is 10.9 Å². The number of phenols is 1. The van der Waals surface area contributed by atoms with Crippen LogP contribution in [-0.4, -0.2) is 10.1 Å². The molecule has 0 aliphatic rings.